The van der Waals surface area contributed by atoms with Crippen molar-refractivity contribution in [1.82, 2.24) is 30.2 Å². The van der Waals surface area contributed by atoms with Crippen molar-refractivity contribution in [2.75, 3.05) is 13.1 Å². The van der Waals surface area contributed by atoms with E-state index < -0.39 is 41.7 Å². The van der Waals surface area contributed by atoms with Crippen LogP contribution in [0.2, 0.25) is 0 Å². The largest absolute Gasteiger partial charge is 0.433 e. The third-order valence-electron chi connectivity index (χ3n) is 6.41. The highest BCUT2D eigenvalue weighted by Crippen LogP contribution is 2.30. The number of alkyl halides is 3. The lowest BCUT2D eigenvalue weighted by atomic mass is 9.90. The predicted molar refractivity (Wildman–Crippen MR) is 128 cm³/mol. The van der Waals surface area contributed by atoms with Crippen LogP contribution in [0.1, 0.15) is 63.4 Å². The zero-order valence-corrected chi connectivity index (χ0v) is 21.1. The summed E-state index contributed by atoms with van der Waals surface area (Å²) in [7, 11) is 0. The topological polar surface area (TPSA) is 101 Å². The molecule has 1 N–H and O–H groups in total. The summed E-state index contributed by atoms with van der Waals surface area (Å²) in [5.74, 6) is -2.56. The molecule has 0 unspecified atom stereocenters. The molecule has 0 spiro atoms. The van der Waals surface area contributed by atoms with Crippen LogP contribution in [-0.4, -0.2) is 49.7 Å². The second kappa shape index (κ2) is 11.4. The summed E-state index contributed by atoms with van der Waals surface area (Å²) in [5.41, 5.74) is -0.663. The van der Waals surface area contributed by atoms with Gasteiger partial charge in [0.25, 0.3) is 5.91 Å². The van der Waals surface area contributed by atoms with Crippen LogP contribution >= 0.6 is 0 Å². The summed E-state index contributed by atoms with van der Waals surface area (Å²) in [5, 5.41) is 2.54. The Kier molecular flexibility index (Phi) is 8.17. The van der Waals surface area contributed by atoms with E-state index in [-0.39, 0.29) is 35.1 Å². The molecule has 2 aromatic heterocycles. The molecule has 13 heteroatoms. The summed E-state index contributed by atoms with van der Waals surface area (Å²) < 4.78 is 67.2. The molecular formula is C26H25F5N6O2. The number of rotatable bonds is 6. The van der Waals surface area contributed by atoms with Crippen LogP contribution in [0.25, 0.3) is 0 Å². The smallest absolute Gasteiger partial charge is 0.345 e. The zero-order valence-electron chi connectivity index (χ0n) is 21.1. The average molecular weight is 549 g/mol. The first-order valence-electron chi connectivity index (χ1n) is 12.2. The number of aromatic nitrogens is 4. The van der Waals surface area contributed by atoms with Crippen LogP contribution in [0.3, 0.4) is 0 Å². The third-order valence-corrected chi connectivity index (χ3v) is 6.41. The first-order valence-corrected chi connectivity index (χ1v) is 12.2. The van der Waals surface area contributed by atoms with Crippen molar-refractivity contribution in [3.63, 3.8) is 0 Å². The minimum Gasteiger partial charge on any atom is -0.345 e. The van der Waals surface area contributed by atoms with Crippen molar-refractivity contribution in [3.05, 3.63) is 82.0 Å². The number of hydrogen-bond donors (Lipinski definition) is 1. The molecule has 1 aromatic carbocycles. The Bertz CT molecular complexity index is 1370. The van der Waals surface area contributed by atoms with Gasteiger partial charge in [-0.3, -0.25) is 9.59 Å². The highest BCUT2D eigenvalue weighted by molar-refractivity contribution is 5.95. The van der Waals surface area contributed by atoms with Crippen LogP contribution < -0.4 is 5.32 Å². The first kappa shape index (κ1) is 28.0. The molecule has 0 bridgehead atoms. The molecule has 0 aliphatic carbocycles. The van der Waals surface area contributed by atoms with Gasteiger partial charge in [0.05, 0.1) is 24.2 Å². The molecule has 0 saturated carbocycles. The van der Waals surface area contributed by atoms with E-state index in [0.717, 1.165) is 18.2 Å². The summed E-state index contributed by atoms with van der Waals surface area (Å²) in [4.78, 5) is 43.2. The third kappa shape index (κ3) is 6.70. The quantitative estimate of drug-likeness (QED) is 0.467. The molecule has 39 heavy (non-hydrogen) atoms. The molecule has 1 aliphatic heterocycles. The number of piperidine rings is 1. The minimum absolute atomic E-state index is 0.111. The Morgan fingerprint density at radius 3 is 2.36 bits per heavy atom. The second-order valence-corrected chi connectivity index (χ2v) is 9.24. The minimum atomic E-state index is -4.65. The molecule has 8 nitrogen and oxygen atoms in total. The van der Waals surface area contributed by atoms with Gasteiger partial charge in [0, 0.05) is 36.5 Å². The van der Waals surface area contributed by atoms with E-state index in [1.54, 1.807) is 6.92 Å². The summed E-state index contributed by atoms with van der Waals surface area (Å²) in [6.07, 6.45) is -2.81. The van der Waals surface area contributed by atoms with Gasteiger partial charge >= 0.3 is 6.18 Å². The molecule has 206 valence electrons. The molecule has 0 atom stereocenters. The van der Waals surface area contributed by atoms with Crippen LogP contribution in [-0.2, 0) is 23.9 Å². The van der Waals surface area contributed by atoms with Gasteiger partial charge in [0.1, 0.15) is 29.0 Å². The summed E-state index contributed by atoms with van der Waals surface area (Å²) in [6, 6.07) is 4.25. The Morgan fingerprint density at radius 2 is 1.72 bits per heavy atom. The van der Waals surface area contributed by atoms with Crippen LogP contribution in [0.5, 0.6) is 0 Å². The van der Waals surface area contributed by atoms with E-state index in [4.69, 9.17) is 0 Å². The maximum atomic E-state index is 14.0. The van der Waals surface area contributed by atoms with Crippen molar-refractivity contribution >= 4 is 11.8 Å². The Balaban J connectivity index is 1.43. The first-order chi connectivity index (χ1) is 18.4. The molecule has 0 radical (unpaired) electrons. The van der Waals surface area contributed by atoms with Crippen LogP contribution in [0.15, 0.2) is 30.5 Å². The number of nitrogens with one attached hydrogen (secondary N) is 1. The van der Waals surface area contributed by atoms with Gasteiger partial charge in [-0.05, 0) is 44.9 Å². The standard InChI is InChI=1S/C26H25F5N6O2/c1-14-10-21(26(29,30)31)36-22(34-14)13-33-25(39)18-12-32-15(2)35-24(18)16-6-8-37(9-7-16)23(38)11-17-19(27)4-3-5-20(17)28/h3-5,10,12,16H,6-9,11,13H2,1-2H3,(H,33,39). The number of benzene rings is 1. The van der Waals surface area contributed by atoms with Crippen molar-refractivity contribution in [1.29, 1.82) is 0 Å². The number of likely N-dealkylation sites (tertiary alicyclic amines) is 1. The number of hydrogen-bond acceptors (Lipinski definition) is 6. The molecule has 3 heterocycles. The van der Waals surface area contributed by atoms with Gasteiger partial charge in [-0.15, -0.1) is 0 Å². The van der Waals surface area contributed by atoms with Crippen molar-refractivity contribution < 1.29 is 31.5 Å². The Morgan fingerprint density at radius 1 is 1.05 bits per heavy atom. The highest BCUT2D eigenvalue weighted by Gasteiger charge is 2.33. The van der Waals surface area contributed by atoms with Crippen LogP contribution in [0.4, 0.5) is 22.0 Å². The number of amides is 2. The van der Waals surface area contributed by atoms with Crippen molar-refractivity contribution in [2.24, 2.45) is 0 Å². The van der Waals surface area contributed by atoms with E-state index in [1.807, 2.05) is 0 Å². The molecule has 1 aliphatic rings. The number of carbonyl (C=O) groups is 2. The fraction of sp³-hybridized carbons (Fsp3) is 0.385. The lowest BCUT2D eigenvalue weighted by Gasteiger charge is -2.32. The van der Waals surface area contributed by atoms with E-state index in [0.29, 0.717) is 37.4 Å². The monoisotopic (exact) mass is 548 g/mol. The van der Waals surface area contributed by atoms with Crippen molar-refractivity contribution in [3.8, 4) is 0 Å². The van der Waals surface area contributed by atoms with E-state index in [2.05, 4.69) is 25.3 Å². The van der Waals surface area contributed by atoms with Gasteiger partial charge in [0.15, 0.2) is 0 Å². The number of carbonyl (C=O) groups excluding carboxylic acids is 2. The Hall–Kier alpha value is -4.03. The maximum Gasteiger partial charge on any atom is 0.433 e. The maximum absolute atomic E-state index is 14.0. The number of aryl methyl sites for hydroxylation is 2. The predicted octanol–water partition coefficient (Wildman–Crippen LogP) is 4.06. The average Bonchev–Trinajstić information content (AvgIpc) is 2.88. The second-order valence-electron chi connectivity index (χ2n) is 9.24. The lowest BCUT2D eigenvalue weighted by Crippen LogP contribution is -2.39. The molecular weight excluding hydrogens is 523 g/mol. The van der Waals surface area contributed by atoms with E-state index in [9.17, 15) is 31.5 Å². The number of halogens is 5. The summed E-state index contributed by atoms with van der Waals surface area (Å²) >= 11 is 0. The molecule has 2 amide bonds. The Labute approximate surface area is 220 Å². The summed E-state index contributed by atoms with van der Waals surface area (Å²) in [6.45, 7) is 3.31. The molecule has 3 aromatic rings. The van der Waals surface area contributed by atoms with Gasteiger partial charge in [-0.1, -0.05) is 6.07 Å². The van der Waals surface area contributed by atoms with Crippen LogP contribution in [0, 0.1) is 25.5 Å². The van der Waals surface area contributed by atoms with Gasteiger partial charge in [-0.25, -0.2) is 28.7 Å². The fourth-order valence-corrected chi connectivity index (χ4v) is 4.45. The van der Waals surface area contributed by atoms with E-state index in [1.165, 1.54) is 24.1 Å². The lowest BCUT2D eigenvalue weighted by molar-refractivity contribution is -0.141. The molecule has 1 saturated heterocycles. The van der Waals surface area contributed by atoms with E-state index >= 15 is 0 Å². The van der Waals surface area contributed by atoms with Crippen molar-refractivity contribution in [2.45, 2.75) is 51.7 Å². The zero-order chi connectivity index (χ0) is 28.3. The van der Waals surface area contributed by atoms with Gasteiger partial charge < -0.3 is 10.2 Å². The van der Waals surface area contributed by atoms with Gasteiger partial charge in [0.2, 0.25) is 5.91 Å². The molecule has 1 fully saturated rings. The van der Waals surface area contributed by atoms with Gasteiger partial charge in [-0.2, -0.15) is 13.2 Å². The normalized spacial score (nSPS) is 14.4. The fourth-order valence-electron chi connectivity index (χ4n) is 4.45. The molecule has 4 rings (SSSR count). The highest BCUT2D eigenvalue weighted by atomic mass is 19.4. The number of nitrogens with zero attached hydrogens (tertiary/aromatic N) is 5. The SMILES string of the molecule is Cc1cc(C(F)(F)F)nc(CNC(=O)c2cnc(C)nc2C2CCN(C(=O)Cc3c(F)cccc3F)CC2)n1.